The Kier molecular flexibility index (Phi) is 15.4. The molecule has 0 spiro atoms. The van der Waals surface area contributed by atoms with Crippen molar-refractivity contribution < 1.29 is 49.4 Å². The second kappa shape index (κ2) is 18.4. The first-order chi connectivity index (χ1) is 20.1. The Labute approximate surface area is 248 Å². The Bertz CT molecular complexity index is 1020. The molecule has 236 valence electrons. The van der Waals surface area contributed by atoms with E-state index in [-0.39, 0.29) is 17.9 Å². The lowest BCUT2D eigenvalue weighted by atomic mass is 9.79. The molecule has 0 saturated heterocycles. The van der Waals surface area contributed by atoms with Crippen LogP contribution in [0.1, 0.15) is 115 Å². The lowest BCUT2D eigenvalue weighted by Gasteiger charge is -2.40. The van der Waals surface area contributed by atoms with Gasteiger partial charge in [0.1, 0.15) is 6.10 Å². The van der Waals surface area contributed by atoms with Gasteiger partial charge in [0.15, 0.2) is 23.2 Å². The van der Waals surface area contributed by atoms with E-state index in [1.165, 1.54) is 82.1 Å². The molecule has 0 aromatic heterocycles. The smallest absolute Gasteiger partial charge is 0.335 e. The van der Waals surface area contributed by atoms with Gasteiger partial charge in [-0.25, -0.2) is 9.59 Å². The summed E-state index contributed by atoms with van der Waals surface area (Å²) in [7, 11) is 0. The minimum absolute atomic E-state index is 0.106. The summed E-state index contributed by atoms with van der Waals surface area (Å²) in [6.45, 7) is 2.22. The highest BCUT2D eigenvalue weighted by atomic mass is 16.6. The lowest BCUT2D eigenvalue weighted by Crippen LogP contribution is -2.58. The number of aliphatic hydroxyl groups excluding tert-OH is 1. The molecule has 1 aliphatic rings. The molecule has 4 atom stereocenters. The summed E-state index contributed by atoms with van der Waals surface area (Å²) in [6.07, 6.45) is 12.0. The van der Waals surface area contributed by atoms with Crippen molar-refractivity contribution in [3.63, 3.8) is 0 Å². The molecule has 5 N–H and O–H groups in total. The van der Waals surface area contributed by atoms with E-state index in [9.17, 15) is 39.9 Å². The van der Waals surface area contributed by atoms with Crippen molar-refractivity contribution in [1.82, 2.24) is 0 Å². The fourth-order valence-corrected chi connectivity index (χ4v) is 5.17. The Morgan fingerprint density at radius 3 is 1.98 bits per heavy atom. The number of phenolic OH excluding ortho intramolecular Hbond substituents is 2. The summed E-state index contributed by atoms with van der Waals surface area (Å²) >= 11 is 0. The zero-order valence-electron chi connectivity index (χ0n) is 24.7. The molecule has 0 amide bonds. The number of hydrogen-bond donors (Lipinski definition) is 5. The molecule has 2 rings (SSSR count). The van der Waals surface area contributed by atoms with E-state index < -0.39 is 54.7 Å². The first-order valence-electron chi connectivity index (χ1n) is 15.3. The largest absolute Gasteiger partial charge is 0.504 e. The van der Waals surface area contributed by atoms with Crippen LogP contribution in [0.3, 0.4) is 0 Å². The highest BCUT2D eigenvalue weighted by Crippen LogP contribution is 2.33. The van der Waals surface area contributed by atoms with Gasteiger partial charge in [0, 0.05) is 25.3 Å². The second-order valence-electron chi connectivity index (χ2n) is 11.3. The second-order valence-corrected chi connectivity index (χ2v) is 11.3. The number of aliphatic carboxylic acids is 1. The number of rotatable bonds is 19. The maximum atomic E-state index is 12.5. The first kappa shape index (κ1) is 35.1. The van der Waals surface area contributed by atoms with Crippen LogP contribution in [0.15, 0.2) is 24.3 Å². The average Bonchev–Trinajstić information content (AvgIpc) is 2.93. The lowest BCUT2D eigenvalue weighted by molar-refractivity contribution is -0.206. The molecule has 1 saturated carbocycles. The fourth-order valence-electron chi connectivity index (χ4n) is 5.17. The molecule has 10 heteroatoms. The number of unbranched alkanes of at least 4 members (excludes halogenated alkanes) is 12. The van der Waals surface area contributed by atoms with Crippen LogP contribution in [0, 0.1) is 0 Å². The number of carbonyl (C=O) groups is 3. The van der Waals surface area contributed by atoms with Crippen LogP contribution in [0.2, 0.25) is 0 Å². The SMILES string of the molecule is CCCCCCCCCCCCCCCC(=O)O[C@@H]1[C@H](O)C[C@@](O)(C(=O)O)C[C@H]1OC(=O)/C=C/c1ccc(O)c(O)c1. The summed E-state index contributed by atoms with van der Waals surface area (Å²) in [5, 5.41) is 49.5. The van der Waals surface area contributed by atoms with E-state index in [0.29, 0.717) is 12.0 Å². The predicted octanol–water partition coefficient (Wildman–Crippen LogP) is 5.39. The predicted molar refractivity (Wildman–Crippen MR) is 157 cm³/mol. The minimum atomic E-state index is -2.37. The third-order valence-electron chi connectivity index (χ3n) is 7.66. The molecule has 0 aliphatic heterocycles. The number of benzene rings is 1. The van der Waals surface area contributed by atoms with Crippen molar-refractivity contribution in [2.24, 2.45) is 0 Å². The number of hydrogen-bond acceptors (Lipinski definition) is 9. The monoisotopic (exact) mass is 592 g/mol. The van der Waals surface area contributed by atoms with Gasteiger partial charge in [0.05, 0.1) is 6.10 Å². The maximum Gasteiger partial charge on any atom is 0.335 e. The molecule has 0 unspecified atom stereocenters. The summed E-state index contributed by atoms with van der Waals surface area (Å²) in [5.74, 6) is -3.84. The van der Waals surface area contributed by atoms with E-state index in [1.54, 1.807) is 0 Å². The number of carboxylic acids is 1. The van der Waals surface area contributed by atoms with Gasteiger partial charge in [0.25, 0.3) is 0 Å². The fraction of sp³-hybridized carbons (Fsp3) is 0.656. The molecule has 0 heterocycles. The standard InChI is InChI=1S/C32H48O10/c1-2-3-4-5-6-7-8-9-10-11-12-13-14-15-28(36)42-30-26(35)21-32(40,31(38)39)22-27(30)41-29(37)19-17-23-16-18-24(33)25(34)20-23/h16-20,26-27,30,33-35,40H,2-15,21-22H2,1H3,(H,38,39)/b19-17+/t26-,27-,30-,32+/m1/s1. The number of carboxylic acid groups (broad SMARTS) is 1. The number of ether oxygens (including phenoxy) is 2. The van der Waals surface area contributed by atoms with Gasteiger partial charge in [0.2, 0.25) is 0 Å². The summed E-state index contributed by atoms with van der Waals surface area (Å²) in [4.78, 5) is 36.7. The topological polar surface area (TPSA) is 171 Å². The minimum Gasteiger partial charge on any atom is -0.504 e. The van der Waals surface area contributed by atoms with Crippen LogP contribution in [-0.4, -0.2) is 67.4 Å². The van der Waals surface area contributed by atoms with Gasteiger partial charge in [-0.15, -0.1) is 0 Å². The highest BCUT2D eigenvalue weighted by molar-refractivity contribution is 5.87. The van der Waals surface area contributed by atoms with Gasteiger partial charge < -0.3 is 35.0 Å². The van der Waals surface area contributed by atoms with Gasteiger partial charge >= 0.3 is 17.9 Å². The molecular weight excluding hydrogens is 544 g/mol. The first-order valence-corrected chi connectivity index (χ1v) is 15.3. The van der Waals surface area contributed by atoms with Crippen LogP contribution in [0.4, 0.5) is 0 Å². The van der Waals surface area contributed by atoms with Crippen LogP contribution < -0.4 is 0 Å². The van der Waals surface area contributed by atoms with E-state index >= 15 is 0 Å². The third kappa shape index (κ3) is 12.4. The van der Waals surface area contributed by atoms with Crippen molar-refractivity contribution in [1.29, 1.82) is 0 Å². The van der Waals surface area contributed by atoms with Crippen LogP contribution in [0.25, 0.3) is 6.08 Å². The van der Waals surface area contributed by atoms with E-state index in [0.717, 1.165) is 25.3 Å². The molecule has 10 nitrogen and oxygen atoms in total. The Balaban J connectivity index is 1.79. The van der Waals surface area contributed by atoms with Gasteiger partial charge in [-0.05, 0) is 30.2 Å². The van der Waals surface area contributed by atoms with Crippen molar-refractivity contribution in [2.45, 2.75) is 134 Å². The molecule has 0 bridgehead atoms. The molecule has 0 radical (unpaired) electrons. The van der Waals surface area contributed by atoms with Crippen molar-refractivity contribution in [3.8, 4) is 11.5 Å². The van der Waals surface area contributed by atoms with Crippen molar-refractivity contribution >= 4 is 24.0 Å². The summed E-state index contributed by atoms with van der Waals surface area (Å²) in [6, 6.07) is 3.89. The molecule has 1 fully saturated rings. The summed E-state index contributed by atoms with van der Waals surface area (Å²) in [5.41, 5.74) is -2.00. The van der Waals surface area contributed by atoms with Crippen LogP contribution >= 0.6 is 0 Å². The number of esters is 2. The Morgan fingerprint density at radius 1 is 0.857 bits per heavy atom. The average molecular weight is 593 g/mol. The third-order valence-corrected chi connectivity index (χ3v) is 7.66. The number of aromatic hydroxyl groups is 2. The zero-order chi connectivity index (χ0) is 31.0. The van der Waals surface area contributed by atoms with Crippen LogP contribution in [-0.2, 0) is 23.9 Å². The van der Waals surface area contributed by atoms with Gasteiger partial charge in [-0.1, -0.05) is 90.0 Å². The van der Waals surface area contributed by atoms with E-state index in [4.69, 9.17) is 9.47 Å². The van der Waals surface area contributed by atoms with E-state index in [2.05, 4.69) is 6.92 Å². The number of carbonyl (C=O) groups excluding carboxylic acids is 2. The van der Waals surface area contributed by atoms with Crippen molar-refractivity contribution in [3.05, 3.63) is 29.8 Å². The molecule has 1 aliphatic carbocycles. The van der Waals surface area contributed by atoms with Crippen molar-refractivity contribution in [2.75, 3.05) is 0 Å². The Hall–Kier alpha value is -3.11. The zero-order valence-corrected chi connectivity index (χ0v) is 24.7. The number of phenols is 2. The van der Waals surface area contributed by atoms with Gasteiger partial charge in [-0.3, -0.25) is 4.79 Å². The highest BCUT2D eigenvalue weighted by Gasteiger charge is 2.52. The summed E-state index contributed by atoms with van der Waals surface area (Å²) < 4.78 is 10.8. The molecule has 1 aromatic rings. The quantitative estimate of drug-likeness (QED) is 0.0607. The number of aliphatic hydroxyl groups is 2. The van der Waals surface area contributed by atoms with E-state index in [1.807, 2.05) is 0 Å². The normalized spacial score (nSPS) is 22.2. The van der Waals surface area contributed by atoms with Gasteiger partial charge in [-0.2, -0.15) is 0 Å². The van der Waals surface area contributed by atoms with Crippen LogP contribution in [0.5, 0.6) is 11.5 Å². The molecular formula is C32H48O10. The maximum absolute atomic E-state index is 12.5. The Morgan fingerprint density at radius 2 is 1.43 bits per heavy atom. The molecule has 1 aromatic carbocycles. The molecule has 42 heavy (non-hydrogen) atoms.